The van der Waals surface area contributed by atoms with E-state index < -0.39 is 17.0 Å². The summed E-state index contributed by atoms with van der Waals surface area (Å²) in [6, 6.07) is 19.4. The highest BCUT2D eigenvalue weighted by atomic mass is 16.2. The number of amides is 2. The van der Waals surface area contributed by atoms with E-state index in [1.807, 2.05) is 48.5 Å². The molecule has 2 aromatic carbocycles. The molecular formula is C30H38N4O3. The van der Waals surface area contributed by atoms with Crippen LogP contribution in [0.25, 0.3) is 0 Å². The Bertz CT molecular complexity index is 1160. The molecule has 1 unspecified atom stereocenters. The quantitative estimate of drug-likeness (QED) is 0.517. The number of fused-ring (bicyclic) bond motifs is 1. The molecule has 7 heteroatoms. The summed E-state index contributed by atoms with van der Waals surface area (Å²) in [5.74, 6) is -0.767. The normalized spacial score (nSPS) is 22.3. The van der Waals surface area contributed by atoms with Crippen molar-refractivity contribution >= 4 is 23.3 Å². The van der Waals surface area contributed by atoms with Crippen molar-refractivity contribution in [2.75, 3.05) is 7.05 Å². The van der Waals surface area contributed by atoms with Gasteiger partial charge in [-0.2, -0.15) is 5.10 Å². The molecule has 2 aromatic rings. The molecular weight excluding hydrogens is 464 g/mol. The van der Waals surface area contributed by atoms with Gasteiger partial charge in [0.05, 0.1) is 22.7 Å². The number of Topliss-reactive ketones (excluding diaryl/α,β-unsaturated/α-hetero) is 1. The Balaban J connectivity index is 1.54. The van der Waals surface area contributed by atoms with Gasteiger partial charge in [-0.25, -0.2) is 5.01 Å². The summed E-state index contributed by atoms with van der Waals surface area (Å²) in [6.45, 7) is 3.28. The molecule has 0 spiro atoms. The second kappa shape index (κ2) is 11.0. The molecule has 2 aliphatic rings. The summed E-state index contributed by atoms with van der Waals surface area (Å²) in [6.07, 6.45) is 4.21. The number of rotatable bonds is 10. The van der Waals surface area contributed by atoms with Crippen molar-refractivity contribution in [1.29, 1.82) is 0 Å². The second-order valence-corrected chi connectivity index (χ2v) is 11.1. The molecule has 1 saturated carbocycles. The monoisotopic (exact) mass is 502 g/mol. The number of hydrogen-bond acceptors (Lipinski definition) is 5. The fraction of sp³-hybridized carbons (Fsp3) is 0.467. The lowest BCUT2D eigenvalue weighted by atomic mass is 9.63. The van der Waals surface area contributed by atoms with E-state index in [2.05, 4.69) is 22.6 Å². The zero-order valence-corrected chi connectivity index (χ0v) is 22.1. The SMILES string of the molecule is CN1N=C2CCC(C(=O)[C@@H](CCCc3ccccc3)NC(=O)C(C)(C)N)C[C@@]2(Cc2ccccc2)C1=O. The van der Waals surface area contributed by atoms with Gasteiger partial charge in [-0.1, -0.05) is 60.7 Å². The van der Waals surface area contributed by atoms with Crippen LogP contribution in [-0.2, 0) is 27.2 Å². The minimum absolute atomic E-state index is 0.0144. The van der Waals surface area contributed by atoms with E-state index in [1.54, 1.807) is 20.9 Å². The van der Waals surface area contributed by atoms with Crippen molar-refractivity contribution in [1.82, 2.24) is 10.3 Å². The number of nitrogens with zero attached hydrogens (tertiary/aromatic N) is 2. The molecule has 2 amide bonds. The van der Waals surface area contributed by atoms with Crippen LogP contribution < -0.4 is 11.1 Å². The van der Waals surface area contributed by atoms with Gasteiger partial charge < -0.3 is 11.1 Å². The van der Waals surface area contributed by atoms with Gasteiger partial charge in [-0.15, -0.1) is 0 Å². The number of nitrogens with two attached hydrogens (primary N) is 1. The molecule has 37 heavy (non-hydrogen) atoms. The lowest BCUT2D eigenvalue weighted by Crippen LogP contribution is -2.55. The van der Waals surface area contributed by atoms with Crippen LogP contribution >= 0.6 is 0 Å². The zero-order valence-electron chi connectivity index (χ0n) is 22.1. The molecule has 0 aromatic heterocycles. The Morgan fingerprint density at radius 1 is 1.11 bits per heavy atom. The Hall–Kier alpha value is -3.32. The van der Waals surface area contributed by atoms with Crippen molar-refractivity contribution in [3.05, 3.63) is 71.8 Å². The second-order valence-electron chi connectivity index (χ2n) is 11.1. The van der Waals surface area contributed by atoms with Gasteiger partial charge in [0.15, 0.2) is 5.78 Å². The van der Waals surface area contributed by atoms with Gasteiger partial charge in [-0.05, 0) is 69.9 Å². The molecule has 4 rings (SSSR count). The van der Waals surface area contributed by atoms with Crippen LogP contribution in [0.1, 0.15) is 57.1 Å². The van der Waals surface area contributed by atoms with Gasteiger partial charge in [0.2, 0.25) is 5.91 Å². The summed E-state index contributed by atoms with van der Waals surface area (Å²) in [7, 11) is 1.69. The number of carbonyl (C=O) groups is 3. The average Bonchev–Trinajstić information content (AvgIpc) is 3.12. The highest BCUT2D eigenvalue weighted by Gasteiger charge is 2.54. The fourth-order valence-electron chi connectivity index (χ4n) is 5.59. The number of hydrazone groups is 1. The van der Waals surface area contributed by atoms with Crippen molar-refractivity contribution < 1.29 is 14.4 Å². The van der Waals surface area contributed by atoms with E-state index in [0.717, 1.165) is 24.1 Å². The largest absolute Gasteiger partial charge is 0.345 e. The van der Waals surface area contributed by atoms with Gasteiger partial charge >= 0.3 is 0 Å². The van der Waals surface area contributed by atoms with E-state index in [4.69, 9.17) is 5.73 Å². The maximum Gasteiger partial charge on any atom is 0.254 e. The first-order valence-corrected chi connectivity index (χ1v) is 13.2. The van der Waals surface area contributed by atoms with Gasteiger partial charge in [-0.3, -0.25) is 14.4 Å². The molecule has 1 aliphatic heterocycles. The summed E-state index contributed by atoms with van der Waals surface area (Å²) >= 11 is 0. The predicted octanol–water partition coefficient (Wildman–Crippen LogP) is 3.66. The minimum Gasteiger partial charge on any atom is -0.345 e. The van der Waals surface area contributed by atoms with Gasteiger partial charge in [0.25, 0.3) is 5.91 Å². The van der Waals surface area contributed by atoms with Crippen molar-refractivity contribution in [3.63, 3.8) is 0 Å². The van der Waals surface area contributed by atoms with Crippen molar-refractivity contribution in [2.24, 2.45) is 22.2 Å². The maximum absolute atomic E-state index is 14.0. The first kappa shape index (κ1) is 26.7. The third kappa shape index (κ3) is 5.99. The van der Waals surface area contributed by atoms with Gasteiger partial charge in [0, 0.05) is 13.0 Å². The third-order valence-corrected chi connectivity index (χ3v) is 7.64. The van der Waals surface area contributed by atoms with Crippen molar-refractivity contribution in [2.45, 2.75) is 70.4 Å². The Morgan fingerprint density at radius 3 is 2.35 bits per heavy atom. The first-order chi connectivity index (χ1) is 17.6. The lowest BCUT2D eigenvalue weighted by molar-refractivity contribution is -0.138. The average molecular weight is 503 g/mol. The minimum atomic E-state index is -1.09. The van der Waals surface area contributed by atoms with Crippen LogP contribution in [0.4, 0.5) is 0 Å². The highest BCUT2D eigenvalue weighted by Crippen LogP contribution is 2.45. The smallest absolute Gasteiger partial charge is 0.254 e. The van der Waals surface area contributed by atoms with Crippen LogP contribution in [-0.4, -0.2) is 46.9 Å². The van der Waals surface area contributed by atoms with Crippen LogP contribution in [0.2, 0.25) is 0 Å². The van der Waals surface area contributed by atoms with Crippen molar-refractivity contribution in [3.8, 4) is 0 Å². The molecule has 1 aliphatic carbocycles. The summed E-state index contributed by atoms with van der Waals surface area (Å²) in [5, 5.41) is 8.94. The number of aryl methyl sites for hydroxylation is 1. The molecule has 0 bridgehead atoms. The molecule has 1 heterocycles. The third-order valence-electron chi connectivity index (χ3n) is 7.64. The molecule has 1 fully saturated rings. The van der Waals surface area contributed by atoms with Gasteiger partial charge in [0.1, 0.15) is 0 Å². The molecule has 0 radical (unpaired) electrons. The Kier molecular flexibility index (Phi) is 7.93. The summed E-state index contributed by atoms with van der Waals surface area (Å²) in [4.78, 5) is 40.2. The fourth-order valence-corrected chi connectivity index (χ4v) is 5.59. The Labute approximate surface area is 219 Å². The standard InChI is InChI=1S/C30H38N4O3/c1-29(2,31)27(36)32-24(16-10-15-21-11-6-4-7-12-21)26(35)23-17-18-25-30(20-23,28(37)34(3)33-25)19-22-13-8-5-9-14-22/h4-9,11-14,23-24H,10,15-20,31H2,1-3H3,(H,32,36)/t23?,24-,30-/m1/s1. The van der Waals surface area contributed by atoms with Crippen LogP contribution in [0.5, 0.6) is 0 Å². The summed E-state index contributed by atoms with van der Waals surface area (Å²) in [5.41, 5.74) is 7.23. The molecule has 196 valence electrons. The number of benzene rings is 2. The number of nitrogens with one attached hydrogen (secondary N) is 1. The first-order valence-electron chi connectivity index (χ1n) is 13.2. The molecule has 7 nitrogen and oxygen atoms in total. The van der Waals surface area contributed by atoms with E-state index in [0.29, 0.717) is 32.1 Å². The molecule has 3 atom stereocenters. The maximum atomic E-state index is 14.0. The summed E-state index contributed by atoms with van der Waals surface area (Å²) < 4.78 is 0. The van der Waals surface area contributed by atoms with Crippen LogP contribution in [0.3, 0.4) is 0 Å². The van der Waals surface area contributed by atoms with E-state index in [1.165, 1.54) is 10.6 Å². The Morgan fingerprint density at radius 2 is 1.73 bits per heavy atom. The van der Waals surface area contributed by atoms with E-state index in [-0.39, 0.29) is 23.5 Å². The molecule has 3 N–H and O–H groups in total. The topological polar surface area (TPSA) is 105 Å². The highest BCUT2D eigenvalue weighted by molar-refractivity contribution is 6.13. The zero-order chi connectivity index (χ0) is 26.6. The number of hydrogen-bond donors (Lipinski definition) is 2. The lowest BCUT2D eigenvalue weighted by Gasteiger charge is -2.38. The number of ketones is 1. The predicted molar refractivity (Wildman–Crippen MR) is 145 cm³/mol. The van der Waals surface area contributed by atoms with E-state index >= 15 is 0 Å². The molecule has 0 saturated heterocycles. The van der Waals surface area contributed by atoms with Crippen LogP contribution in [0.15, 0.2) is 65.8 Å². The van der Waals surface area contributed by atoms with Crippen LogP contribution in [0, 0.1) is 11.3 Å². The number of carbonyl (C=O) groups excluding carboxylic acids is 3. The van der Waals surface area contributed by atoms with E-state index in [9.17, 15) is 14.4 Å².